The van der Waals surface area contributed by atoms with E-state index in [1.807, 2.05) is 0 Å². The van der Waals surface area contributed by atoms with Gasteiger partial charge in [0.1, 0.15) is 0 Å². The van der Waals surface area contributed by atoms with Crippen LogP contribution in [0.3, 0.4) is 0 Å². The molecule has 0 aromatic rings. The molecule has 0 radical (unpaired) electrons. The van der Waals surface area contributed by atoms with E-state index in [2.05, 4.69) is 27.7 Å². The average Bonchev–Trinajstić information content (AvgIpc) is 2.66. The minimum Gasteiger partial charge on any atom is -0.356 e. The van der Waals surface area contributed by atoms with Crippen LogP contribution in [0, 0.1) is 15.3 Å². The van der Waals surface area contributed by atoms with E-state index in [-0.39, 0.29) is 0 Å². The van der Waals surface area contributed by atoms with Crippen molar-refractivity contribution < 1.29 is 14.3 Å². The van der Waals surface area contributed by atoms with Gasteiger partial charge in [-0.1, -0.05) is 6.92 Å². The van der Waals surface area contributed by atoms with Crippen LogP contribution in [0.5, 0.6) is 0 Å². The summed E-state index contributed by atoms with van der Waals surface area (Å²) in [5, 5.41) is 14.8. The van der Waals surface area contributed by atoms with Gasteiger partial charge in [-0.3, -0.25) is 4.48 Å². The van der Waals surface area contributed by atoms with Gasteiger partial charge in [0.2, 0.25) is 0 Å². The van der Waals surface area contributed by atoms with Crippen molar-refractivity contribution in [2.45, 2.75) is 52.5 Å². The molecular weight excluding hydrogens is 236 g/mol. The van der Waals surface area contributed by atoms with E-state index in [1.165, 1.54) is 25.9 Å². The molecule has 0 bridgehead atoms. The molecule has 0 atom stereocenters. The third kappa shape index (κ3) is 5.64. The zero-order valence-corrected chi connectivity index (χ0v) is 12.0. The molecule has 18 heavy (non-hydrogen) atoms. The van der Waals surface area contributed by atoms with Crippen LogP contribution < -0.4 is 0 Å². The number of hydrogen-bond donors (Lipinski definition) is 0. The first-order valence-corrected chi connectivity index (χ1v) is 6.50. The molecule has 1 fully saturated rings. The van der Waals surface area contributed by atoms with Gasteiger partial charge in [-0.25, -0.2) is 0 Å². The van der Waals surface area contributed by atoms with E-state index in [9.17, 15) is 0 Å². The summed E-state index contributed by atoms with van der Waals surface area (Å²) >= 11 is 0. The first-order valence-electron chi connectivity index (χ1n) is 6.50. The molecule has 0 aliphatic carbocycles. The Labute approximate surface area is 109 Å². The summed E-state index contributed by atoms with van der Waals surface area (Å²) in [6.07, 6.45) is 3.86. The molecule has 0 aromatic carbocycles. The highest BCUT2D eigenvalue weighted by atomic mass is 16.9. The van der Waals surface area contributed by atoms with E-state index in [1.54, 1.807) is 0 Å². The summed E-state index contributed by atoms with van der Waals surface area (Å²) in [5.41, 5.74) is 0.338. The fourth-order valence-electron chi connectivity index (χ4n) is 2.32. The molecule has 1 saturated heterocycles. The Balaban J connectivity index is 0.000000631. The molecular formula is C12H26N2O4. The normalized spacial score (nSPS) is 18.0. The highest BCUT2D eigenvalue weighted by molar-refractivity contribution is 4.67. The highest BCUT2D eigenvalue weighted by Gasteiger charge is 2.42. The molecule has 0 unspecified atom stereocenters. The maximum absolute atomic E-state index is 8.25. The van der Waals surface area contributed by atoms with E-state index >= 15 is 0 Å². The minimum absolute atomic E-state index is 0.338. The molecule has 0 aromatic heterocycles. The van der Waals surface area contributed by atoms with Crippen LogP contribution in [0.2, 0.25) is 0 Å². The number of quaternary nitrogens is 1. The first-order chi connectivity index (χ1) is 8.25. The second-order valence-corrected chi connectivity index (χ2v) is 5.73. The van der Waals surface area contributed by atoms with Crippen molar-refractivity contribution in [2.24, 2.45) is 0 Å². The maximum atomic E-state index is 8.25. The summed E-state index contributed by atoms with van der Waals surface area (Å²) in [5.74, 6) is 0. The minimum atomic E-state index is -1.75. The Morgan fingerprint density at radius 1 is 1.22 bits per heavy atom. The number of ether oxygens (including phenoxy) is 1. The van der Waals surface area contributed by atoms with Gasteiger partial charge in [0.15, 0.2) is 6.73 Å². The molecule has 1 aliphatic rings. The van der Waals surface area contributed by atoms with Gasteiger partial charge in [0, 0.05) is 12.8 Å². The average molecular weight is 262 g/mol. The molecule has 1 aliphatic heterocycles. The lowest BCUT2D eigenvalue weighted by molar-refractivity contribution is -0.976. The van der Waals surface area contributed by atoms with Gasteiger partial charge < -0.3 is 20.1 Å². The van der Waals surface area contributed by atoms with Gasteiger partial charge in [-0.05, 0) is 27.2 Å². The molecule has 108 valence electrons. The molecule has 0 spiro atoms. The van der Waals surface area contributed by atoms with Crippen LogP contribution in [0.15, 0.2) is 0 Å². The molecule has 0 amide bonds. The smallest absolute Gasteiger partial charge is 0.183 e. The number of likely N-dealkylation sites (tertiary alicyclic amines) is 1. The Bertz CT molecular complexity index is 241. The Morgan fingerprint density at radius 3 is 2.00 bits per heavy atom. The lowest BCUT2D eigenvalue weighted by atomic mass is 10.0. The van der Waals surface area contributed by atoms with Gasteiger partial charge >= 0.3 is 0 Å². The predicted molar refractivity (Wildman–Crippen MR) is 70.5 cm³/mol. The van der Waals surface area contributed by atoms with Gasteiger partial charge in [0.25, 0.3) is 0 Å². The largest absolute Gasteiger partial charge is 0.356 e. The third-order valence-electron chi connectivity index (χ3n) is 3.53. The monoisotopic (exact) mass is 262 g/mol. The lowest BCUT2D eigenvalue weighted by Gasteiger charge is -2.45. The van der Waals surface area contributed by atoms with Crippen LogP contribution in [-0.4, -0.2) is 41.5 Å². The Hall–Kier alpha value is -0.880. The molecule has 6 heteroatoms. The fraction of sp³-hybridized carbons (Fsp3) is 1.00. The quantitative estimate of drug-likeness (QED) is 0.337. The summed E-state index contributed by atoms with van der Waals surface area (Å²) in [6, 6.07) is 0. The first kappa shape index (κ1) is 17.1. The summed E-state index contributed by atoms with van der Waals surface area (Å²) in [7, 11) is 0. The molecule has 6 nitrogen and oxygen atoms in total. The van der Waals surface area contributed by atoms with Crippen molar-refractivity contribution in [1.82, 2.24) is 0 Å². The number of nitrogens with zero attached hydrogens (tertiary/aromatic N) is 2. The van der Waals surface area contributed by atoms with E-state index in [4.69, 9.17) is 20.1 Å². The predicted octanol–water partition coefficient (Wildman–Crippen LogP) is 2.54. The SMILES string of the molecule is CCCOC[N+]1(C(C)(C)C)CCCC1.O=[N+]([O-])[O-]. The van der Waals surface area contributed by atoms with Crippen molar-refractivity contribution in [3.8, 4) is 0 Å². The molecule has 0 N–H and O–H groups in total. The fourth-order valence-corrected chi connectivity index (χ4v) is 2.32. The number of rotatable bonds is 4. The van der Waals surface area contributed by atoms with Crippen molar-refractivity contribution in [2.75, 3.05) is 26.4 Å². The molecule has 1 heterocycles. The third-order valence-corrected chi connectivity index (χ3v) is 3.53. The van der Waals surface area contributed by atoms with Gasteiger partial charge in [-0.2, -0.15) is 0 Å². The van der Waals surface area contributed by atoms with E-state index in [0.29, 0.717) is 5.54 Å². The standard InChI is InChI=1S/C12H26NO.NO3/c1-5-10-14-11-13(12(2,3)4)8-6-7-9-13;2-1(3)4/h5-11H2,1-4H3;/q+1;-1. The van der Waals surface area contributed by atoms with Crippen molar-refractivity contribution in [3.63, 3.8) is 0 Å². The second-order valence-electron chi connectivity index (χ2n) is 5.73. The van der Waals surface area contributed by atoms with Gasteiger partial charge in [-0.15, -0.1) is 0 Å². The van der Waals surface area contributed by atoms with Crippen LogP contribution in [0.1, 0.15) is 47.0 Å². The Kier molecular flexibility index (Phi) is 7.16. The van der Waals surface area contributed by atoms with Crippen molar-refractivity contribution >= 4 is 0 Å². The van der Waals surface area contributed by atoms with Crippen molar-refractivity contribution in [1.29, 1.82) is 0 Å². The summed E-state index contributed by atoms with van der Waals surface area (Å²) in [6.45, 7) is 13.6. The van der Waals surface area contributed by atoms with Crippen molar-refractivity contribution in [3.05, 3.63) is 15.3 Å². The van der Waals surface area contributed by atoms with E-state index < -0.39 is 5.09 Å². The van der Waals surface area contributed by atoms with Crippen LogP contribution in [0.25, 0.3) is 0 Å². The van der Waals surface area contributed by atoms with E-state index in [0.717, 1.165) is 24.2 Å². The summed E-state index contributed by atoms with van der Waals surface area (Å²) in [4.78, 5) is 8.25. The van der Waals surface area contributed by atoms with Gasteiger partial charge in [0.05, 0.1) is 30.3 Å². The number of hydrogen-bond acceptors (Lipinski definition) is 4. The Morgan fingerprint density at radius 2 is 1.67 bits per heavy atom. The lowest BCUT2D eigenvalue weighted by Crippen LogP contribution is -2.59. The summed E-state index contributed by atoms with van der Waals surface area (Å²) < 4.78 is 6.93. The zero-order chi connectivity index (χ0) is 14.2. The molecule has 1 rings (SSSR count). The second kappa shape index (κ2) is 7.53. The van der Waals surface area contributed by atoms with Crippen LogP contribution in [-0.2, 0) is 4.74 Å². The topological polar surface area (TPSA) is 75.4 Å². The zero-order valence-electron chi connectivity index (χ0n) is 12.0. The molecule has 0 saturated carbocycles. The van der Waals surface area contributed by atoms with Crippen LogP contribution >= 0.6 is 0 Å². The highest BCUT2D eigenvalue weighted by Crippen LogP contribution is 2.30. The maximum Gasteiger partial charge on any atom is 0.183 e. The van der Waals surface area contributed by atoms with Crippen LogP contribution in [0.4, 0.5) is 0 Å².